The van der Waals surface area contributed by atoms with Crippen molar-refractivity contribution in [1.82, 2.24) is 0 Å². The van der Waals surface area contributed by atoms with E-state index in [0.29, 0.717) is 5.75 Å². The Labute approximate surface area is 53.4 Å². The summed E-state index contributed by atoms with van der Waals surface area (Å²) < 4.78 is 0. The van der Waals surface area contributed by atoms with E-state index in [2.05, 4.69) is 11.7 Å². The van der Waals surface area contributed by atoms with Crippen LogP contribution < -0.4 is 0 Å². The van der Waals surface area contributed by atoms with Crippen molar-refractivity contribution in [3.63, 3.8) is 0 Å². The van der Waals surface area contributed by atoms with Crippen molar-refractivity contribution in [1.29, 1.82) is 0 Å². The van der Waals surface area contributed by atoms with Gasteiger partial charge in [0.2, 0.25) is 0 Å². The van der Waals surface area contributed by atoms with Crippen molar-refractivity contribution in [2.45, 2.75) is 0 Å². The fourth-order valence-electron chi connectivity index (χ4n) is 0.331. The van der Waals surface area contributed by atoms with Crippen LogP contribution in [0.4, 0.5) is 0 Å². The molecule has 0 unspecified atom stereocenters. The van der Waals surface area contributed by atoms with E-state index < -0.39 is 0 Å². The molecule has 0 spiro atoms. The topological polar surface area (TPSA) is 29.4 Å². The van der Waals surface area contributed by atoms with Gasteiger partial charge in [-0.25, -0.2) is 0 Å². The molecule has 0 heterocycles. The average Bonchev–Trinajstić information content (AvgIpc) is 1.68. The summed E-state index contributed by atoms with van der Waals surface area (Å²) in [5.74, 6) is 0.700. The number of hydrogen-bond acceptors (Lipinski definition) is 3. The molecule has 0 aromatic heterocycles. The van der Waals surface area contributed by atoms with Crippen LogP contribution in [0.5, 0.6) is 0 Å². The lowest BCUT2D eigenvalue weighted by Gasteiger charge is -1.88. The number of carbonyl (C=O) groups is 1. The summed E-state index contributed by atoms with van der Waals surface area (Å²) in [6.45, 7) is 3.47. The second kappa shape index (κ2) is 4.84. The molecular weight excluding hydrogens is 122 g/mol. The largest absolute Gasteiger partial charge is 0.297 e. The quantitative estimate of drug-likeness (QED) is 0.523. The minimum Gasteiger partial charge on any atom is -0.297 e. The van der Waals surface area contributed by atoms with Crippen molar-refractivity contribution in [3.05, 3.63) is 0 Å². The predicted octanol–water partition coefficient (Wildman–Crippen LogP) is 0.619. The van der Waals surface area contributed by atoms with Crippen LogP contribution in [0.25, 0.3) is 0 Å². The number of carbonyl (C=O) groups excluding carboxylic acids is 1. The summed E-state index contributed by atoms with van der Waals surface area (Å²) in [7, 11) is 0. The van der Waals surface area contributed by atoms with Gasteiger partial charge in [0.15, 0.2) is 5.78 Å². The van der Waals surface area contributed by atoms with Gasteiger partial charge >= 0.3 is 0 Å². The zero-order chi connectivity index (χ0) is 6.41. The Bertz CT molecular complexity index is 92.4. The number of thioether (sulfide) groups is 1. The fraction of sp³-hybridized carbons (Fsp3) is 0.600. The van der Waals surface area contributed by atoms with E-state index >= 15 is 0 Å². The maximum Gasteiger partial charge on any atom is 0.163 e. The van der Waals surface area contributed by atoms with E-state index in [0.717, 1.165) is 0 Å². The average molecular weight is 131 g/mol. The van der Waals surface area contributed by atoms with E-state index in [-0.39, 0.29) is 12.3 Å². The lowest BCUT2D eigenvalue weighted by molar-refractivity contribution is -0.115. The molecule has 0 aliphatic heterocycles. The number of rotatable bonds is 4. The first kappa shape index (κ1) is 7.69. The molecule has 0 saturated carbocycles. The molecule has 0 aliphatic rings. The van der Waals surface area contributed by atoms with Crippen LogP contribution in [0.1, 0.15) is 0 Å². The first-order valence-electron chi connectivity index (χ1n) is 2.24. The number of aliphatic imine (C=N–C) groups is 1. The first-order chi connectivity index (χ1) is 3.81. The molecular formula is C5H9NOS. The highest BCUT2D eigenvalue weighted by Crippen LogP contribution is 1.90. The van der Waals surface area contributed by atoms with Gasteiger partial charge in [0.1, 0.15) is 0 Å². The highest BCUT2D eigenvalue weighted by Gasteiger charge is 1.94. The van der Waals surface area contributed by atoms with Gasteiger partial charge in [0.05, 0.1) is 12.3 Å². The van der Waals surface area contributed by atoms with E-state index in [9.17, 15) is 4.79 Å². The van der Waals surface area contributed by atoms with Gasteiger partial charge in [0, 0.05) is 0 Å². The predicted molar refractivity (Wildman–Crippen MR) is 37.8 cm³/mol. The van der Waals surface area contributed by atoms with Gasteiger partial charge < -0.3 is 0 Å². The summed E-state index contributed by atoms with van der Waals surface area (Å²) >= 11 is 1.51. The molecule has 0 bridgehead atoms. The molecule has 0 fully saturated rings. The Morgan fingerprint density at radius 2 is 2.50 bits per heavy atom. The third-order valence-corrected chi connectivity index (χ3v) is 1.20. The number of ketones is 1. The van der Waals surface area contributed by atoms with Gasteiger partial charge in [-0.05, 0) is 13.0 Å². The summed E-state index contributed by atoms with van der Waals surface area (Å²) in [5, 5.41) is 0. The smallest absolute Gasteiger partial charge is 0.163 e. The lowest BCUT2D eigenvalue weighted by Crippen LogP contribution is -2.04. The van der Waals surface area contributed by atoms with Crippen molar-refractivity contribution in [3.8, 4) is 0 Å². The van der Waals surface area contributed by atoms with Crippen LogP contribution in [0.3, 0.4) is 0 Å². The maximum atomic E-state index is 10.5. The molecule has 3 heteroatoms. The van der Waals surface area contributed by atoms with Crippen LogP contribution in [0.2, 0.25) is 0 Å². The lowest BCUT2D eigenvalue weighted by atomic mass is 10.5. The molecule has 0 rings (SSSR count). The van der Waals surface area contributed by atoms with E-state index in [4.69, 9.17) is 0 Å². The van der Waals surface area contributed by atoms with Gasteiger partial charge in [-0.3, -0.25) is 9.79 Å². The minimum atomic E-state index is 0.146. The van der Waals surface area contributed by atoms with Crippen molar-refractivity contribution in [2.75, 3.05) is 18.6 Å². The highest BCUT2D eigenvalue weighted by atomic mass is 32.2. The van der Waals surface area contributed by atoms with Gasteiger partial charge in [-0.2, -0.15) is 11.8 Å². The number of nitrogens with zero attached hydrogens (tertiary/aromatic N) is 1. The summed E-state index contributed by atoms with van der Waals surface area (Å²) in [5.41, 5.74) is 0. The normalized spacial score (nSPS) is 8.62. The van der Waals surface area contributed by atoms with Crippen LogP contribution in [0.15, 0.2) is 4.99 Å². The number of Topliss-reactive ketones (excluding diaryl/α,β-unsaturated/α-hetero) is 1. The molecule has 2 nitrogen and oxygen atoms in total. The Morgan fingerprint density at radius 1 is 1.88 bits per heavy atom. The Hall–Kier alpha value is -0.310. The highest BCUT2D eigenvalue weighted by molar-refractivity contribution is 7.99. The zero-order valence-corrected chi connectivity index (χ0v) is 5.70. The second-order valence-electron chi connectivity index (χ2n) is 1.35. The summed E-state index contributed by atoms with van der Waals surface area (Å²) in [4.78, 5) is 13.9. The summed E-state index contributed by atoms with van der Waals surface area (Å²) in [6.07, 6.45) is 1.89. The molecule has 0 aromatic carbocycles. The van der Waals surface area contributed by atoms with Crippen LogP contribution >= 0.6 is 11.8 Å². The molecule has 0 radical (unpaired) electrons. The van der Waals surface area contributed by atoms with Crippen molar-refractivity contribution >= 4 is 24.3 Å². The molecule has 0 atom stereocenters. The Morgan fingerprint density at radius 3 is 2.88 bits per heavy atom. The van der Waals surface area contributed by atoms with Gasteiger partial charge in [-0.1, -0.05) is 0 Å². The maximum absolute atomic E-state index is 10.5. The summed E-state index contributed by atoms with van der Waals surface area (Å²) in [6, 6.07) is 0. The first-order valence-corrected chi connectivity index (χ1v) is 3.63. The SMILES string of the molecule is C=NCC(=O)CSC. The molecule has 0 N–H and O–H groups in total. The second-order valence-corrected chi connectivity index (χ2v) is 2.22. The van der Waals surface area contributed by atoms with Crippen molar-refractivity contribution < 1.29 is 4.79 Å². The zero-order valence-electron chi connectivity index (χ0n) is 4.89. The third kappa shape index (κ3) is 3.87. The van der Waals surface area contributed by atoms with Crippen molar-refractivity contribution in [2.24, 2.45) is 4.99 Å². The number of hydrogen-bond donors (Lipinski definition) is 0. The molecule has 0 aliphatic carbocycles. The van der Waals surface area contributed by atoms with Crippen LogP contribution in [-0.2, 0) is 4.79 Å². The molecule has 46 valence electrons. The Balaban J connectivity index is 3.18. The van der Waals surface area contributed by atoms with E-state index in [1.807, 2.05) is 6.26 Å². The monoisotopic (exact) mass is 131 g/mol. The molecule has 0 aromatic rings. The molecule has 0 saturated heterocycles. The van der Waals surface area contributed by atoms with Gasteiger partial charge in [0.25, 0.3) is 0 Å². The molecule has 0 amide bonds. The fourth-order valence-corrected chi connectivity index (χ4v) is 0.745. The van der Waals surface area contributed by atoms with Crippen LogP contribution in [-0.4, -0.2) is 31.1 Å². The molecule has 8 heavy (non-hydrogen) atoms. The standard InChI is InChI=1S/C5H9NOS/c1-6-3-5(7)4-8-2/h1,3-4H2,2H3. The van der Waals surface area contributed by atoms with E-state index in [1.54, 1.807) is 0 Å². The van der Waals surface area contributed by atoms with Gasteiger partial charge in [-0.15, -0.1) is 0 Å². The Kier molecular flexibility index (Phi) is 4.65. The third-order valence-electron chi connectivity index (χ3n) is 0.593. The minimum absolute atomic E-state index is 0.146. The van der Waals surface area contributed by atoms with Crippen LogP contribution in [0, 0.1) is 0 Å². The van der Waals surface area contributed by atoms with E-state index in [1.165, 1.54) is 11.8 Å².